The smallest absolute Gasteiger partial charge is 0.343 e. The molecule has 4 heteroatoms. The summed E-state index contributed by atoms with van der Waals surface area (Å²) in [4.78, 5) is 11.7. The molecule has 0 aliphatic rings. The van der Waals surface area contributed by atoms with Crippen LogP contribution < -0.4 is 4.74 Å². The summed E-state index contributed by atoms with van der Waals surface area (Å²) in [6, 6.07) is 12.3. The number of carbonyl (C=O) groups excluding carboxylic acids is 1. The van der Waals surface area contributed by atoms with Crippen LogP contribution in [0.5, 0.6) is 5.75 Å². The van der Waals surface area contributed by atoms with Crippen molar-refractivity contribution < 1.29 is 13.9 Å². The maximum atomic E-state index is 12.9. The van der Waals surface area contributed by atoms with Gasteiger partial charge in [-0.1, -0.05) is 29.8 Å². The zero-order chi connectivity index (χ0) is 12.3. The third-order valence-corrected chi connectivity index (χ3v) is 2.40. The summed E-state index contributed by atoms with van der Waals surface area (Å²) >= 11 is 5.58. The molecule has 86 valence electrons. The number of benzene rings is 2. The van der Waals surface area contributed by atoms with Crippen molar-refractivity contribution in [2.75, 3.05) is 0 Å². The van der Waals surface area contributed by atoms with Crippen LogP contribution in [0.25, 0.3) is 0 Å². The fourth-order valence-electron chi connectivity index (χ4n) is 1.28. The van der Waals surface area contributed by atoms with E-state index >= 15 is 0 Å². The Labute approximate surface area is 103 Å². The van der Waals surface area contributed by atoms with Crippen molar-refractivity contribution in [2.24, 2.45) is 0 Å². The molecule has 0 aliphatic carbocycles. The molecule has 0 unspecified atom stereocenters. The summed E-state index contributed by atoms with van der Waals surface area (Å²) in [5.41, 5.74) is 0.209. The predicted octanol–water partition coefficient (Wildman–Crippen LogP) is 3.70. The average molecular weight is 251 g/mol. The topological polar surface area (TPSA) is 26.3 Å². The third-order valence-electron chi connectivity index (χ3n) is 2.11. The van der Waals surface area contributed by atoms with Crippen LogP contribution in [0, 0.1) is 5.82 Å². The van der Waals surface area contributed by atoms with E-state index in [0.29, 0.717) is 5.75 Å². The van der Waals surface area contributed by atoms with Gasteiger partial charge in [-0.3, -0.25) is 0 Å². The van der Waals surface area contributed by atoms with Crippen LogP contribution in [0.15, 0.2) is 48.5 Å². The van der Waals surface area contributed by atoms with Crippen molar-refractivity contribution in [1.29, 1.82) is 0 Å². The molecule has 2 nitrogen and oxygen atoms in total. The first-order valence-corrected chi connectivity index (χ1v) is 5.27. The van der Waals surface area contributed by atoms with Gasteiger partial charge in [0.2, 0.25) is 0 Å². The van der Waals surface area contributed by atoms with Gasteiger partial charge in [0.15, 0.2) is 0 Å². The highest BCUT2D eigenvalue weighted by Crippen LogP contribution is 2.18. The highest BCUT2D eigenvalue weighted by atomic mass is 35.5. The number of hydrogen-bond acceptors (Lipinski definition) is 2. The van der Waals surface area contributed by atoms with Crippen LogP contribution in [0.1, 0.15) is 10.4 Å². The molecule has 0 heterocycles. The van der Waals surface area contributed by atoms with E-state index in [1.807, 2.05) is 6.07 Å². The van der Waals surface area contributed by atoms with Crippen LogP contribution in [-0.4, -0.2) is 5.97 Å². The monoisotopic (exact) mass is 250 g/mol. The molecule has 0 atom stereocenters. The molecule has 0 saturated carbocycles. The van der Waals surface area contributed by atoms with E-state index in [-0.39, 0.29) is 10.6 Å². The number of hydrogen-bond donors (Lipinski definition) is 0. The van der Waals surface area contributed by atoms with Gasteiger partial charge < -0.3 is 4.74 Å². The summed E-state index contributed by atoms with van der Waals surface area (Å²) in [6.07, 6.45) is 0. The Morgan fingerprint density at radius 2 is 1.82 bits per heavy atom. The van der Waals surface area contributed by atoms with Crippen molar-refractivity contribution >= 4 is 17.6 Å². The molecule has 2 rings (SSSR count). The second-order valence-corrected chi connectivity index (χ2v) is 3.74. The van der Waals surface area contributed by atoms with Crippen LogP contribution in [0.3, 0.4) is 0 Å². The molecule has 0 spiro atoms. The molecular weight excluding hydrogens is 243 g/mol. The first kappa shape index (κ1) is 11.6. The molecule has 0 saturated heterocycles. The lowest BCUT2D eigenvalue weighted by Gasteiger charge is -2.04. The van der Waals surface area contributed by atoms with Gasteiger partial charge in [-0.15, -0.1) is 0 Å². The highest BCUT2D eigenvalue weighted by molar-refractivity contribution is 6.31. The molecule has 0 fully saturated rings. The largest absolute Gasteiger partial charge is 0.423 e. The minimum Gasteiger partial charge on any atom is -0.423 e. The Hall–Kier alpha value is -1.87. The van der Waals surface area contributed by atoms with E-state index in [4.69, 9.17) is 16.3 Å². The summed E-state index contributed by atoms with van der Waals surface area (Å²) in [5.74, 6) is -0.709. The lowest BCUT2D eigenvalue weighted by atomic mass is 10.2. The fraction of sp³-hybridized carbons (Fsp3) is 0. The first-order chi connectivity index (χ1) is 8.16. The zero-order valence-corrected chi connectivity index (χ0v) is 9.45. The number of para-hydroxylation sites is 1. The molecule has 2 aromatic carbocycles. The SMILES string of the molecule is O=C(Oc1ccccc1)c1ccc(F)c(Cl)c1. The molecule has 0 aromatic heterocycles. The number of ether oxygens (including phenoxy) is 1. The van der Waals surface area contributed by atoms with Gasteiger partial charge in [-0.05, 0) is 30.3 Å². The standard InChI is InChI=1S/C13H8ClFO2/c14-11-8-9(6-7-12(11)15)13(16)17-10-4-2-1-3-5-10/h1-8H. The van der Waals surface area contributed by atoms with Crippen molar-refractivity contribution in [3.63, 3.8) is 0 Å². The molecule has 0 aliphatic heterocycles. The molecule has 0 radical (unpaired) electrons. The second-order valence-electron chi connectivity index (χ2n) is 3.33. The van der Waals surface area contributed by atoms with E-state index in [1.165, 1.54) is 12.1 Å². The molecule has 0 amide bonds. The van der Waals surface area contributed by atoms with Gasteiger partial charge in [-0.25, -0.2) is 9.18 Å². The number of halogens is 2. The van der Waals surface area contributed by atoms with Crippen LogP contribution >= 0.6 is 11.6 Å². The maximum Gasteiger partial charge on any atom is 0.343 e. The van der Waals surface area contributed by atoms with Crippen molar-refractivity contribution in [2.45, 2.75) is 0 Å². The Kier molecular flexibility index (Phi) is 3.40. The molecule has 17 heavy (non-hydrogen) atoms. The Morgan fingerprint density at radius 1 is 1.12 bits per heavy atom. The van der Waals surface area contributed by atoms with Gasteiger partial charge in [0.1, 0.15) is 11.6 Å². The third kappa shape index (κ3) is 2.82. The molecule has 2 aromatic rings. The van der Waals surface area contributed by atoms with Crippen LogP contribution in [0.4, 0.5) is 4.39 Å². The van der Waals surface area contributed by atoms with Crippen molar-refractivity contribution in [3.8, 4) is 5.75 Å². The van der Waals surface area contributed by atoms with E-state index < -0.39 is 11.8 Å². The second kappa shape index (κ2) is 4.97. The van der Waals surface area contributed by atoms with Gasteiger partial charge in [0.25, 0.3) is 0 Å². The quantitative estimate of drug-likeness (QED) is 0.600. The fourth-order valence-corrected chi connectivity index (χ4v) is 1.46. The van der Waals surface area contributed by atoms with Gasteiger partial charge >= 0.3 is 5.97 Å². The lowest BCUT2D eigenvalue weighted by molar-refractivity contribution is 0.0734. The Balaban J connectivity index is 2.18. The van der Waals surface area contributed by atoms with Crippen LogP contribution in [-0.2, 0) is 0 Å². The summed E-state index contributed by atoms with van der Waals surface area (Å²) in [5, 5.41) is -0.104. The van der Waals surface area contributed by atoms with Crippen molar-refractivity contribution in [3.05, 3.63) is 64.9 Å². The minimum absolute atomic E-state index is 0.104. The maximum absolute atomic E-state index is 12.9. The summed E-state index contributed by atoms with van der Waals surface area (Å²) in [7, 11) is 0. The van der Waals surface area contributed by atoms with E-state index in [1.54, 1.807) is 24.3 Å². The number of esters is 1. The summed E-state index contributed by atoms with van der Waals surface area (Å²) < 4.78 is 18.0. The van der Waals surface area contributed by atoms with E-state index in [2.05, 4.69) is 0 Å². The summed E-state index contributed by atoms with van der Waals surface area (Å²) in [6.45, 7) is 0. The molecular formula is C13H8ClFO2. The predicted molar refractivity (Wildman–Crippen MR) is 62.8 cm³/mol. The minimum atomic E-state index is -0.571. The lowest BCUT2D eigenvalue weighted by Crippen LogP contribution is -2.08. The van der Waals surface area contributed by atoms with E-state index in [0.717, 1.165) is 6.07 Å². The number of carbonyl (C=O) groups is 1. The van der Waals surface area contributed by atoms with Gasteiger partial charge in [0, 0.05) is 0 Å². The van der Waals surface area contributed by atoms with Gasteiger partial charge in [0.05, 0.1) is 10.6 Å². The molecule has 0 N–H and O–H groups in total. The normalized spacial score (nSPS) is 10.0. The molecule has 0 bridgehead atoms. The average Bonchev–Trinajstić information content (AvgIpc) is 2.34. The Bertz CT molecular complexity index is 540. The van der Waals surface area contributed by atoms with Crippen molar-refractivity contribution in [1.82, 2.24) is 0 Å². The highest BCUT2D eigenvalue weighted by Gasteiger charge is 2.10. The first-order valence-electron chi connectivity index (χ1n) is 4.89. The number of rotatable bonds is 2. The van der Waals surface area contributed by atoms with Crippen LogP contribution in [0.2, 0.25) is 5.02 Å². The van der Waals surface area contributed by atoms with E-state index in [9.17, 15) is 9.18 Å². The van der Waals surface area contributed by atoms with Gasteiger partial charge in [-0.2, -0.15) is 0 Å². The zero-order valence-electron chi connectivity index (χ0n) is 8.69. The Morgan fingerprint density at radius 3 is 2.47 bits per heavy atom.